The molecule has 1 heterocycles. The Morgan fingerprint density at radius 3 is 2.61 bits per heavy atom. The molecule has 1 atom stereocenters. The van der Waals surface area contributed by atoms with E-state index >= 15 is 0 Å². The van der Waals surface area contributed by atoms with E-state index in [1.165, 1.54) is 11.8 Å². The number of benzene rings is 2. The molecule has 0 unspecified atom stereocenters. The number of aliphatic carboxylic acids is 1. The SMILES string of the molecule is CCC[C@]1(C)CN(c2ccccc2)c2cc(SC)c(O/C=C/C(=O)O)cc2S(O)(O)C1. The van der Waals surface area contributed by atoms with Crippen LogP contribution in [0, 0.1) is 5.41 Å². The number of carbonyl (C=O) groups is 1. The van der Waals surface area contributed by atoms with Crippen LogP contribution in [0.3, 0.4) is 0 Å². The number of rotatable bonds is 7. The first-order chi connectivity index (χ1) is 14.7. The smallest absolute Gasteiger partial charge is 0.331 e. The largest absolute Gasteiger partial charge is 0.478 e. The summed E-state index contributed by atoms with van der Waals surface area (Å²) in [7, 11) is -3.11. The van der Waals surface area contributed by atoms with E-state index < -0.39 is 16.6 Å². The molecule has 0 bridgehead atoms. The third-order valence-corrected chi connectivity index (χ3v) is 8.19. The minimum Gasteiger partial charge on any atom is -0.478 e. The summed E-state index contributed by atoms with van der Waals surface area (Å²) in [4.78, 5) is 14.2. The lowest BCUT2D eigenvalue weighted by Gasteiger charge is -2.39. The molecule has 3 N–H and O–H groups in total. The molecule has 0 radical (unpaired) electrons. The normalized spacial score (nSPS) is 21.4. The first-order valence-corrected chi connectivity index (χ1v) is 13.0. The van der Waals surface area contributed by atoms with Gasteiger partial charge < -0.3 is 14.7 Å². The van der Waals surface area contributed by atoms with Crippen molar-refractivity contribution < 1.29 is 23.7 Å². The fourth-order valence-electron chi connectivity index (χ4n) is 4.09. The van der Waals surface area contributed by atoms with E-state index in [1.54, 1.807) is 6.07 Å². The van der Waals surface area contributed by atoms with Gasteiger partial charge in [-0.05, 0) is 30.9 Å². The van der Waals surface area contributed by atoms with E-state index in [1.807, 2.05) is 42.7 Å². The van der Waals surface area contributed by atoms with Gasteiger partial charge in [-0.3, -0.25) is 9.11 Å². The van der Waals surface area contributed by atoms with Crippen LogP contribution >= 0.6 is 22.4 Å². The summed E-state index contributed by atoms with van der Waals surface area (Å²) in [5.41, 5.74) is 1.42. The van der Waals surface area contributed by atoms with Crippen molar-refractivity contribution in [2.45, 2.75) is 36.5 Å². The van der Waals surface area contributed by atoms with Gasteiger partial charge in [-0.25, -0.2) is 4.79 Å². The molecule has 0 fully saturated rings. The second-order valence-corrected chi connectivity index (χ2v) is 10.9. The van der Waals surface area contributed by atoms with E-state index in [9.17, 15) is 13.9 Å². The van der Waals surface area contributed by atoms with E-state index in [0.29, 0.717) is 17.2 Å². The molecule has 6 nitrogen and oxygen atoms in total. The molecule has 168 valence electrons. The molecule has 0 saturated carbocycles. The van der Waals surface area contributed by atoms with Crippen molar-refractivity contribution in [2.75, 3.05) is 23.5 Å². The summed E-state index contributed by atoms with van der Waals surface area (Å²) in [6, 6.07) is 13.5. The predicted octanol–water partition coefficient (Wildman–Crippen LogP) is 6.45. The fraction of sp³-hybridized carbons (Fsp3) is 0.348. The number of nitrogens with zero attached hydrogens (tertiary/aromatic N) is 1. The third-order valence-electron chi connectivity index (χ3n) is 5.30. The molecule has 2 aromatic carbocycles. The molecule has 2 aromatic rings. The number of carboxylic acid groups (broad SMARTS) is 1. The molecule has 0 amide bonds. The quantitative estimate of drug-likeness (QED) is 0.247. The third kappa shape index (κ3) is 5.38. The summed E-state index contributed by atoms with van der Waals surface area (Å²) in [6.07, 6.45) is 5.71. The van der Waals surface area contributed by atoms with E-state index in [4.69, 9.17) is 9.84 Å². The summed E-state index contributed by atoms with van der Waals surface area (Å²) in [5, 5.41) is 8.84. The predicted molar refractivity (Wildman–Crippen MR) is 128 cm³/mol. The van der Waals surface area contributed by atoms with Crippen LogP contribution in [0.15, 0.2) is 64.6 Å². The Kier molecular flexibility index (Phi) is 7.26. The van der Waals surface area contributed by atoms with Crippen molar-refractivity contribution in [3.05, 3.63) is 54.8 Å². The number of hydrogen-bond donors (Lipinski definition) is 3. The van der Waals surface area contributed by atoms with Crippen molar-refractivity contribution >= 4 is 39.7 Å². The Morgan fingerprint density at radius 2 is 2.00 bits per heavy atom. The van der Waals surface area contributed by atoms with Gasteiger partial charge in [0.05, 0.1) is 27.8 Å². The van der Waals surface area contributed by atoms with Crippen LogP contribution in [-0.2, 0) is 4.79 Å². The number of hydrogen-bond acceptors (Lipinski definition) is 6. The average molecular weight is 464 g/mol. The van der Waals surface area contributed by atoms with Crippen LogP contribution in [0.2, 0.25) is 0 Å². The Balaban J connectivity index is 2.19. The monoisotopic (exact) mass is 463 g/mol. The van der Waals surface area contributed by atoms with Crippen LogP contribution < -0.4 is 9.64 Å². The molecule has 1 aliphatic rings. The second kappa shape index (κ2) is 9.56. The second-order valence-electron chi connectivity index (χ2n) is 8.02. The van der Waals surface area contributed by atoms with Gasteiger partial charge in [0, 0.05) is 29.5 Å². The molecular weight excluding hydrogens is 434 g/mol. The van der Waals surface area contributed by atoms with Gasteiger partial charge in [0.1, 0.15) is 5.75 Å². The molecule has 8 heteroatoms. The molecule has 3 rings (SSSR count). The summed E-state index contributed by atoms with van der Waals surface area (Å²) in [5.74, 6) is -0.459. The highest BCUT2D eigenvalue weighted by molar-refractivity contribution is 8.24. The minimum atomic E-state index is -3.11. The summed E-state index contributed by atoms with van der Waals surface area (Å²) in [6.45, 7) is 4.87. The van der Waals surface area contributed by atoms with Crippen LogP contribution in [-0.4, -0.2) is 38.7 Å². The van der Waals surface area contributed by atoms with Gasteiger partial charge in [-0.15, -0.1) is 11.8 Å². The van der Waals surface area contributed by atoms with Gasteiger partial charge in [-0.2, -0.15) is 10.6 Å². The average Bonchev–Trinajstić information content (AvgIpc) is 2.80. The maximum Gasteiger partial charge on any atom is 0.331 e. The number of thioether (sulfide) groups is 1. The van der Waals surface area contributed by atoms with E-state index in [-0.39, 0.29) is 11.2 Å². The Labute approximate surface area is 189 Å². The molecule has 1 aliphatic heterocycles. The zero-order chi connectivity index (χ0) is 22.6. The lowest BCUT2D eigenvalue weighted by atomic mass is 9.87. The standard InChI is InChI=1S/C23H29NO5S2/c1-4-11-23(2)15-24(17-8-6-5-7-9-17)18-13-20(30-3)19(29-12-10-22(25)26)14-21(18)31(27,28)16-23/h5-10,12-14,27-28H,4,11,15-16H2,1-3H3,(H,25,26)/b12-10+/t23-/m1/s1. The molecule has 0 spiro atoms. The number of fused-ring (bicyclic) bond motifs is 1. The maximum atomic E-state index is 11.3. The number of anilines is 2. The molecule has 0 aliphatic carbocycles. The van der Waals surface area contributed by atoms with Gasteiger partial charge >= 0.3 is 5.97 Å². The topological polar surface area (TPSA) is 90.2 Å². The molecule has 31 heavy (non-hydrogen) atoms. The first kappa shape index (κ1) is 23.5. The van der Waals surface area contributed by atoms with Crippen LogP contribution in [0.4, 0.5) is 11.4 Å². The van der Waals surface area contributed by atoms with Crippen molar-refractivity contribution in [1.82, 2.24) is 0 Å². The van der Waals surface area contributed by atoms with Crippen molar-refractivity contribution in [1.29, 1.82) is 0 Å². The summed E-state index contributed by atoms with van der Waals surface area (Å²) >= 11 is 1.45. The van der Waals surface area contributed by atoms with Crippen LogP contribution in [0.25, 0.3) is 0 Å². The highest BCUT2D eigenvalue weighted by Crippen LogP contribution is 2.61. The van der Waals surface area contributed by atoms with Gasteiger partial charge in [-0.1, -0.05) is 38.5 Å². The number of para-hydroxylation sites is 1. The van der Waals surface area contributed by atoms with Crippen molar-refractivity contribution in [3.8, 4) is 5.75 Å². The van der Waals surface area contributed by atoms with E-state index in [2.05, 4.69) is 18.7 Å². The first-order valence-electron chi connectivity index (χ1n) is 10.1. The number of carboxylic acids is 1. The molecule has 0 saturated heterocycles. The number of ether oxygens (including phenoxy) is 1. The van der Waals surface area contributed by atoms with Crippen LogP contribution in [0.5, 0.6) is 5.75 Å². The molecule has 0 aromatic heterocycles. The van der Waals surface area contributed by atoms with Gasteiger partial charge in [0.25, 0.3) is 0 Å². The Bertz CT molecular complexity index is 964. The van der Waals surface area contributed by atoms with Gasteiger partial charge in [0.15, 0.2) is 0 Å². The Hall–Kier alpha value is -2.13. The van der Waals surface area contributed by atoms with Crippen LogP contribution in [0.1, 0.15) is 26.7 Å². The van der Waals surface area contributed by atoms with E-state index in [0.717, 1.165) is 41.4 Å². The maximum absolute atomic E-state index is 11.3. The Morgan fingerprint density at radius 1 is 1.29 bits per heavy atom. The van der Waals surface area contributed by atoms with Gasteiger partial charge in [0.2, 0.25) is 0 Å². The summed E-state index contributed by atoms with van der Waals surface area (Å²) < 4.78 is 28.1. The molecular formula is C23H29NO5S2. The van der Waals surface area contributed by atoms with Crippen molar-refractivity contribution in [3.63, 3.8) is 0 Å². The fourth-order valence-corrected chi connectivity index (χ4v) is 6.79. The highest BCUT2D eigenvalue weighted by Gasteiger charge is 2.40. The zero-order valence-corrected chi connectivity index (χ0v) is 19.6. The highest BCUT2D eigenvalue weighted by atomic mass is 32.3. The van der Waals surface area contributed by atoms with Crippen molar-refractivity contribution in [2.24, 2.45) is 5.41 Å². The minimum absolute atomic E-state index is 0.257. The zero-order valence-electron chi connectivity index (χ0n) is 17.9. The lowest BCUT2D eigenvalue weighted by Crippen LogP contribution is -2.35. The lowest BCUT2D eigenvalue weighted by molar-refractivity contribution is -0.131.